The molecule has 3 rings (SSSR count). The molecule has 0 fully saturated rings. The van der Waals surface area contributed by atoms with E-state index in [0.29, 0.717) is 27.6 Å². The van der Waals surface area contributed by atoms with Crippen LogP contribution in [0.4, 0.5) is 4.39 Å². The third-order valence-corrected chi connectivity index (χ3v) is 4.36. The maximum absolute atomic E-state index is 13.6. The Hall–Kier alpha value is -2.05. The molecule has 0 radical (unpaired) electrons. The first-order valence-electron chi connectivity index (χ1n) is 5.97. The molecule has 0 amide bonds. The number of hydrogen-bond acceptors (Lipinski definition) is 4. The van der Waals surface area contributed by atoms with E-state index in [1.807, 2.05) is 0 Å². The highest BCUT2D eigenvalue weighted by Gasteiger charge is 2.14. The van der Waals surface area contributed by atoms with Crippen molar-refractivity contribution in [2.24, 2.45) is 0 Å². The second kappa shape index (κ2) is 5.38. The van der Waals surface area contributed by atoms with Crippen LogP contribution in [0.2, 0.25) is 5.02 Å². The number of rotatable bonds is 3. The molecule has 2 aromatic heterocycles. The van der Waals surface area contributed by atoms with Crippen molar-refractivity contribution in [3.05, 3.63) is 51.1 Å². The quantitative estimate of drug-likeness (QED) is 0.696. The van der Waals surface area contributed by atoms with Crippen molar-refractivity contribution in [1.82, 2.24) is 9.55 Å². The molecule has 106 valence electrons. The lowest BCUT2D eigenvalue weighted by atomic mass is 10.1. The predicted octanol–water partition coefficient (Wildman–Crippen LogP) is 3.12. The van der Waals surface area contributed by atoms with E-state index in [1.54, 1.807) is 11.4 Å². The molecule has 0 unspecified atom stereocenters. The highest BCUT2D eigenvalue weighted by molar-refractivity contribution is 7.15. The SMILES string of the molecule is O=CCn1cnc2csc(-c3ccc(Cl)c(F)c3)c2c1=O. The van der Waals surface area contributed by atoms with Gasteiger partial charge in [0.2, 0.25) is 0 Å². The molecule has 7 heteroatoms. The average molecular weight is 323 g/mol. The summed E-state index contributed by atoms with van der Waals surface area (Å²) in [4.78, 5) is 27.7. The fourth-order valence-electron chi connectivity index (χ4n) is 2.04. The average Bonchev–Trinajstić information content (AvgIpc) is 2.90. The number of thiophene rings is 1. The second-order valence-electron chi connectivity index (χ2n) is 4.32. The summed E-state index contributed by atoms with van der Waals surface area (Å²) in [5, 5.41) is 2.13. The first-order valence-corrected chi connectivity index (χ1v) is 7.23. The Bertz CT molecular complexity index is 904. The zero-order valence-corrected chi connectivity index (χ0v) is 12.1. The van der Waals surface area contributed by atoms with Crippen molar-refractivity contribution >= 4 is 40.1 Å². The standard InChI is InChI=1S/C14H8ClFN2O2S/c15-9-2-1-8(5-10(9)16)13-12-11(6-21-13)17-7-18(3-4-19)14(12)20/h1-2,4-7H,3H2. The minimum Gasteiger partial charge on any atom is -0.301 e. The molecule has 0 aliphatic carbocycles. The van der Waals surface area contributed by atoms with Gasteiger partial charge in [-0.05, 0) is 17.7 Å². The number of benzene rings is 1. The summed E-state index contributed by atoms with van der Waals surface area (Å²) < 4.78 is 14.8. The maximum atomic E-state index is 13.6. The first kappa shape index (κ1) is 13.9. The fourth-order valence-corrected chi connectivity index (χ4v) is 3.14. The molecule has 0 bridgehead atoms. The fraction of sp³-hybridized carbons (Fsp3) is 0.0714. The van der Waals surface area contributed by atoms with Crippen LogP contribution in [0.1, 0.15) is 0 Å². The van der Waals surface area contributed by atoms with Gasteiger partial charge in [-0.1, -0.05) is 17.7 Å². The van der Waals surface area contributed by atoms with E-state index in [0.717, 1.165) is 0 Å². The molecule has 0 aliphatic heterocycles. The van der Waals surface area contributed by atoms with E-state index in [1.165, 1.54) is 34.4 Å². The number of fused-ring (bicyclic) bond motifs is 1. The molecule has 4 nitrogen and oxygen atoms in total. The number of halogens is 2. The molecular formula is C14H8ClFN2O2S. The topological polar surface area (TPSA) is 52.0 Å². The van der Waals surface area contributed by atoms with Crippen LogP contribution in [0.15, 0.2) is 34.7 Å². The molecule has 0 saturated heterocycles. The Balaban J connectivity index is 2.27. The molecule has 0 atom stereocenters. The van der Waals surface area contributed by atoms with Crippen molar-refractivity contribution < 1.29 is 9.18 Å². The Labute approximate surface area is 127 Å². The Morgan fingerprint density at radius 1 is 1.43 bits per heavy atom. The minimum atomic E-state index is -0.548. The summed E-state index contributed by atoms with van der Waals surface area (Å²) in [5.74, 6) is -0.548. The van der Waals surface area contributed by atoms with Crippen molar-refractivity contribution in [3.8, 4) is 10.4 Å². The van der Waals surface area contributed by atoms with E-state index in [2.05, 4.69) is 4.98 Å². The molecule has 1 aromatic carbocycles. The van der Waals surface area contributed by atoms with Gasteiger partial charge >= 0.3 is 0 Å². The Morgan fingerprint density at radius 2 is 2.24 bits per heavy atom. The summed E-state index contributed by atoms with van der Waals surface area (Å²) in [5.41, 5.74) is 0.760. The second-order valence-corrected chi connectivity index (χ2v) is 5.61. The van der Waals surface area contributed by atoms with Gasteiger partial charge in [-0.2, -0.15) is 0 Å². The van der Waals surface area contributed by atoms with Crippen LogP contribution in [0.5, 0.6) is 0 Å². The predicted molar refractivity (Wildman–Crippen MR) is 80.3 cm³/mol. The van der Waals surface area contributed by atoms with Gasteiger partial charge in [0.15, 0.2) is 0 Å². The smallest absolute Gasteiger partial charge is 0.263 e. The van der Waals surface area contributed by atoms with E-state index in [-0.39, 0.29) is 17.1 Å². The molecule has 0 N–H and O–H groups in total. The van der Waals surface area contributed by atoms with Gasteiger partial charge in [0.05, 0.1) is 28.8 Å². The van der Waals surface area contributed by atoms with Crippen molar-refractivity contribution in [2.45, 2.75) is 6.54 Å². The van der Waals surface area contributed by atoms with Crippen molar-refractivity contribution in [3.63, 3.8) is 0 Å². The van der Waals surface area contributed by atoms with Crippen LogP contribution in [0.3, 0.4) is 0 Å². The molecule has 0 aliphatic rings. The number of nitrogens with zero attached hydrogens (tertiary/aromatic N) is 2. The van der Waals surface area contributed by atoms with Gasteiger partial charge in [-0.3, -0.25) is 9.36 Å². The van der Waals surface area contributed by atoms with Crippen LogP contribution in [0, 0.1) is 5.82 Å². The van der Waals surface area contributed by atoms with Gasteiger partial charge in [0.1, 0.15) is 12.1 Å². The number of carbonyl (C=O) groups excluding carboxylic acids is 1. The van der Waals surface area contributed by atoms with Crippen LogP contribution in [-0.4, -0.2) is 15.8 Å². The number of carbonyl (C=O) groups is 1. The molecule has 2 heterocycles. The zero-order valence-electron chi connectivity index (χ0n) is 10.5. The number of hydrogen-bond donors (Lipinski definition) is 0. The van der Waals surface area contributed by atoms with Crippen LogP contribution >= 0.6 is 22.9 Å². The first-order chi connectivity index (χ1) is 10.1. The largest absolute Gasteiger partial charge is 0.301 e. The van der Waals surface area contributed by atoms with Crippen LogP contribution in [-0.2, 0) is 11.3 Å². The Kier molecular flexibility index (Phi) is 3.57. The van der Waals surface area contributed by atoms with Crippen molar-refractivity contribution in [1.29, 1.82) is 0 Å². The molecule has 0 spiro atoms. The normalized spacial score (nSPS) is 11.0. The minimum absolute atomic E-state index is 0.0242. The highest BCUT2D eigenvalue weighted by Crippen LogP contribution is 2.33. The van der Waals surface area contributed by atoms with Crippen LogP contribution in [0.25, 0.3) is 21.3 Å². The molecule has 3 aromatic rings. The monoisotopic (exact) mass is 322 g/mol. The third-order valence-electron chi connectivity index (χ3n) is 3.04. The van der Waals surface area contributed by atoms with E-state index in [4.69, 9.17) is 11.6 Å². The summed E-state index contributed by atoms with van der Waals surface area (Å²) in [6.45, 7) is -0.0635. The summed E-state index contributed by atoms with van der Waals surface area (Å²) in [6.07, 6.45) is 1.96. The summed E-state index contributed by atoms with van der Waals surface area (Å²) >= 11 is 6.97. The van der Waals surface area contributed by atoms with Gasteiger partial charge < -0.3 is 4.79 Å². The van der Waals surface area contributed by atoms with Gasteiger partial charge in [0.25, 0.3) is 5.56 Å². The van der Waals surface area contributed by atoms with Gasteiger partial charge in [-0.25, -0.2) is 9.37 Å². The third kappa shape index (κ3) is 2.36. The number of aromatic nitrogens is 2. The van der Waals surface area contributed by atoms with Gasteiger partial charge in [-0.15, -0.1) is 11.3 Å². The summed E-state index contributed by atoms with van der Waals surface area (Å²) in [6, 6.07) is 4.37. The number of aldehydes is 1. The molecule has 21 heavy (non-hydrogen) atoms. The molecule has 0 saturated carbocycles. The maximum Gasteiger partial charge on any atom is 0.263 e. The molecular weight excluding hydrogens is 315 g/mol. The highest BCUT2D eigenvalue weighted by atomic mass is 35.5. The van der Waals surface area contributed by atoms with Gasteiger partial charge in [0, 0.05) is 10.3 Å². The van der Waals surface area contributed by atoms with E-state index < -0.39 is 5.82 Å². The van der Waals surface area contributed by atoms with Crippen molar-refractivity contribution in [2.75, 3.05) is 0 Å². The zero-order chi connectivity index (χ0) is 15.0. The van der Waals surface area contributed by atoms with E-state index in [9.17, 15) is 14.0 Å². The summed E-state index contributed by atoms with van der Waals surface area (Å²) in [7, 11) is 0. The Morgan fingerprint density at radius 3 is 2.95 bits per heavy atom. The van der Waals surface area contributed by atoms with Crippen LogP contribution < -0.4 is 5.56 Å². The lowest BCUT2D eigenvalue weighted by Gasteiger charge is -2.03. The lowest BCUT2D eigenvalue weighted by molar-refractivity contribution is -0.108. The lowest BCUT2D eigenvalue weighted by Crippen LogP contribution is -2.20. The van der Waals surface area contributed by atoms with E-state index >= 15 is 0 Å².